The molecule has 0 rings (SSSR count). The van der Waals surface area contributed by atoms with Crippen LogP contribution in [0.3, 0.4) is 0 Å². The molecule has 0 aromatic heterocycles. The normalized spacial score (nSPS) is 12.1. The van der Waals surface area contributed by atoms with E-state index in [-0.39, 0.29) is 6.61 Å². The molecule has 0 fully saturated rings. The monoisotopic (exact) mass is 161 g/mol. The number of aliphatic carboxylic acids is 1. The van der Waals surface area contributed by atoms with Crippen LogP contribution in [-0.4, -0.2) is 30.2 Å². The van der Waals surface area contributed by atoms with Gasteiger partial charge in [-0.2, -0.15) is 0 Å². The zero-order chi connectivity index (χ0) is 8.69. The van der Waals surface area contributed by atoms with E-state index >= 15 is 0 Å². The minimum Gasteiger partial charge on any atom is -0.480 e. The van der Waals surface area contributed by atoms with Gasteiger partial charge < -0.3 is 15.6 Å². The lowest BCUT2D eigenvalue weighted by Gasteiger charge is -2.03. The molecule has 0 radical (unpaired) electrons. The highest BCUT2D eigenvalue weighted by molar-refractivity contribution is 5.72. The van der Waals surface area contributed by atoms with E-state index in [1.807, 2.05) is 0 Å². The average molecular weight is 161 g/mol. The number of rotatable bonds is 6. The van der Waals surface area contributed by atoms with Crippen molar-refractivity contribution in [3.05, 3.63) is 0 Å². The van der Waals surface area contributed by atoms with Crippen LogP contribution in [0.5, 0.6) is 0 Å². The van der Waals surface area contributed by atoms with Crippen molar-refractivity contribution >= 4 is 12.4 Å². The first kappa shape index (κ1) is 9.90. The van der Waals surface area contributed by atoms with Crippen LogP contribution in [0.2, 0.25) is 0 Å². The van der Waals surface area contributed by atoms with Crippen molar-refractivity contribution in [3.8, 4) is 0 Å². The minimum absolute atomic E-state index is 0.227. The van der Waals surface area contributed by atoms with Crippen molar-refractivity contribution < 1.29 is 19.4 Å². The van der Waals surface area contributed by atoms with Gasteiger partial charge in [-0.3, -0.25) is 9.59 Å². The van der Waals surface area contributed by atoms with E-state index in [2.05, 4.69) is 4.74 Å². The number of carbonyl (C=O) groups excluding carboxylic acids is 1. The van der Waals surface area contributed by atoms with Gasteiger partial charge in [0, 0.05) is 0 Å². The number of hydrogen-bond acceptors (Lipinski definition) is 4. The molecular formula is C6H11NO4. The van der Waals surface area contributed by atoms with Crippen molar-refractivity contribution in [1.29, 1.82) is 0 Å². The Bertz CT molecular complexity index is 137. The highest BCUT2D eigenvalue weighted by Gasteiger charge is 2.09. The first-order valence-corrected chi connectivity index (χ1v) is 3.22. The Kier molecular flexibility index (Phi) is 5.10. The summed E-state index contributed by atoms with van der Waals surface area (Å²) in [5.74, 6) is -1.03. The summed E-state index contributed by atoms with van der Waals surface area (Å²) in [6, 6.07) is -0.856. The van der Waals surface area contributed by atoms with Crippen molar-refractivity contribution in [2.45, 2.75) is 18.9 Å². The first-order chi connectivity index (χ1) is 5.18. The van der Waals surface area contributed by atoms with Gasteiger partial charge in [-0.25, -0.2) is 0 Å². The van der Waals surface area contributed by atoms with Crippen LogP contribution in [0.25, 0.3) is 0 Å². The number of carboxylic acids is 1. The van der Waals surface area contributed by atoms with Crippen LogP contribution in [0, 0.1) is 0 Å². The summed E-state index contributed by atoms with van der Waals surface area (Å²) in [7, 11) is 0. The van der Waals surface area contributed by atoms with Gasteiger partial charge in [-0.15, -0.1) is 0 Å². The topological polar surface area (TPSA) is 89.6 Å². The lowest BCUT2D eigenvalue weighted by Crippen LogP contribution is -2.30. The van der Waals surface area contributed by atoms with Crippen molar-refractivity contribution in [2.24, 2.45) is 5.73 Å². The third kappa shape index (κ3) is 5.35. The fourth-order valence-electron chi connectivity index (χ4n) is 0.558. The fraction of sp³-hybridized carbons (Fsp3) is 0.667. The molecule has 0 amide bonds. The van der Waals surface area contributed by atoms with Crippen LogP contribution in [0.4, 0.5) is 0 Å². The van der Waals surface area contributed by atoms with E-state index in [1.165, 1.54) is 0 Å². The number of carboxylic acid groups (broad SMARTS) is 1. The molecule has 0 aliphatic heterocycles. The van der Waals surface area contributed by atoms with Crippen molar-refractivity contribution in [2.75, 3.05) is 6.61 Å². The highest BCUT2D eigenvalue weighted by Crippen LogP contribution is 1.94. The number of hydrogen-bond donors (Lipinski definition) is 2. The standard InChI is InChI=1S/C6H11NO4/c7-5(6(9)10)2-1-3-11-4-8/h4-5H,1-3,7H2,(H,9,10)/t5-/m0/s1. The summed E-state index contributed by atoms with van der Waals surface area (Å²) < 4.78 is 4.33. The summed E-state index contributed by atoms with van der Waals surface area (Å²) in [4.78, 5) is 19.7. The molecular weight excluding hydrogens is 150 g/mol. The Morgan fingerprint density at radius 3 is 2.82 bits per heavy atom. The van der Waals surface area contributed by atoms with Crippen LogP contribution >= 0.6 is 0 Å². The lowest BCUT2D eigenvalue weighted by atomic mass is 10.2. The molecule has 11 heavy (non-hydrogen) atoms. The Hall–Kier alpha value is -1.10. The van der Waals surface area contributed by atoms with Crippen molar-refractivity contribution in [3.63, 3.8) is 0 Å². The maximum Gasteiger partial charge on any atom is 0.320 e. The number of ether oxygens (including phenoxy) is 1. The molecule has 0 heterocycles. The van der Waals surface area contributed by atoms with E-state index in [9.17, 15) is 9.59 Å². The third-order valence-corrected chi connectivity index (χ3v) is 1.16. The van der Waals surface area contributed by atoms with Gasteiger partial charge in [-0.1, -0.05) is 0 Å². The molecule has 0 unspecified atom stereocenters. The second-order valence-corrected chi connectivity index (χ2v) is 2.05. The first-order valence-electron chi connectivity index (χ1n) is 3.22. The van der Waals surface area contributed by atoms with Gasteiger partial charge in [0.15, 0.2) is 0 Å². The molecule has 3 N–H and O–H groups in total. The summed E-state index contributed by atoms with van der Waals surface area (Å²) in [6.45, 7) is 0.552. The summed E-state index contributed by atoms with van der Waals surface area (Å²) >= 11 is 0. The van der Waals surface area contributed by atoms with Crippen LogP contribution in [0.1, 0.15) is 12.8 Å². The van der Waals surface area contributed by atoms with Crippen LogP contribution < -0.4 is 5.73 Å². The average Bonchev–Trinajstić information content (AvgIpc) is 1.97. The van der Waals surface area contributed by atoms with Gasteiger partial charge in [0.05, 0.1) is 6.61 Å². The smallest absolute Gasteiger partial charge is 0.320 e. The van der Waals surface area contributed by atoms with E-state index < -0.39 is 12.0 Å². The van der Waals surface area contributed by atoms with Gasteiger partial charge >= 0.3 is 5.97 Å². The Morgan fingerprint density at radius 1 is 1.73 bits per heavy atom. The van der Waals surface area contributed by atoms with E-state index in [0.29, 0.717) is 19.3 Å². The molecule has 0 aromatic carbocycles. The molecule has 0 spiro atoms. The zero-order valence-electron chi connectivity index (χ0n) is 6.03. The Balaban J connectivity index is 3.24. The quantitative estimate of drug-likeness (QED) is 0.399. The maximum atomic E-state index is 10.1. The zero-order valence-corrected chi connectivity index (χ0v) is 6.03. The second kappa shape index (κ2) is 5.67. The van der Waals surface area contributed by atoms with Gasteiger partial charge in [0.1, 0.15) is 6.04 Å². The molecule has 64 valence electrons. The summed E-state index contributed by atoms with van der Waals surface area (Å²) in [5.41, 5.74) is 5.16. The van der Waals surface area contributed by atoms with Gasteiger partial charge in [0.2, 0.25) is 0 Å². The molecule has 0 aromatic rings. The largest absolute Gasteiger partial charge is 0.480 e. The van der Waals surface area contributed by atoms with Gasteiger partial charge in [-0.05, 0) is 12.8 Å². The van der Waals surface area contributed by atoms with Crippen LogP contribution in [0.15, 0.2) is 0 Å². The number of nitrogens with two attached hydrogens (primary N) is 1. The predicted octanol–water partition coefficient (Wildman–Crippen LogP) is -0.648. The minimum atomic E-state index is -1.03. The maximum absolute atomic E-state index is 10.1. The summed E-state index contributed by atoms with van der Waals surface area (Å²) in [5, 5.41) is 8.30. The highest BCUT2D eigenvalue weighted by atomic mass is 16.5. The molecule has 0 bridgehead atoms. The Labute approximate surface area is 64.1 Å². The molecule has 1 atom stereocenters. The second-order valence-electron chi connectivity index (χ2n) is 2.05. The number of carbonyl (C=O) groups is 2. The molecule has 5 nitrogen and oxygen atoms in total. The fourth-order valence-corrected chi connectivity index (χ4v) is 0.558. The third-order valence-electron chi connectivity index (χ3n) is 1.16. The molecule has 0 saturated heterocycles. The van der Waals surface area contributed by atoms with Crippen LogP contribution in [-0.2, 0) is 14.3 Å². The van der Waals surface area contributed by atoms with E-state index in [0.717, 1.165) is 0 Å². The Morgan fingerprint density at radius 2 is 2.36 bits per heavy atom. The van der Waals surface area contributed by atoms with E-state index in [1.54, 1.807) is 0 Å². The molecule has 0 aliphatic carbocycles. The lowest BCUT2D eigenvalue weighted by molar-refractivity contribution is -0.138. The van der Waals surface area contributed by atoms with Crippen molar-refractivity contribution in [1.82, 2.24) is 0 Å². The molecule has 5 heteroatoms. The van der Waals surface area contributed by atoms with E-state index in [4.69, 9.17) is 10.8 Å². The molecule has 0 aliphatic rings. The van der Waals surface area contributed by atoms with Gasteiger partial charge in [0.25, 0.3) is 6.47 Å². The summed E-state index contributed by atoms with van der Waals surface area (Å²) in [6.07, 6.45) is 0.801. The molecule has 0 saturated carbocycles. The predicted molar refractivity (Wildman–Crippen MR) is 36.9 cm³/mol. The SMILES string of the molecule is N[C@@H](CCCOC=O)C(=O)O.